The molecule has 0 saturated heterocycles. The summed E-state index contributed by atoms with van der Waals surface area (Å²) in [5, 5.41) is 19.7. The molecule has 2 rings (SSSR count). The van der Waals surface area contributed by atoms with Gasteiger partial charge in [0.15, 0.2) is 0 Å². The fourth-order valence-electron chi connectivity index (χ4n) is 2.67. The summed E-state index contributed by atoms with van der Waals surface area (Å²) in [6.45, 7) is 8.49. The standard InChI is InChI=1S/C16H21NO3/c1-9(2)12-7-13-10(3)11(4)17(5-6-18)15(13)14(8-12)16(19)20/h7-9,18H,5-6H2,1-4H3,(H,19,20). The highest BCUT2D eigenvalue weighted by Gasteiger charge is 2.19. The van der Waals surface area contributed by atoms with Crippen LogP contribution in [0.25, 0.3) is 10.9 Å². The van der Waals surface area contributed by atoms with Crippen molar-refractivity contribution in [1.29, 1.82) is 0 Å². The summed E-state index contributed by atoms with van der Waals surface area (Å²) in [5.41, 5.74) is 4.15. The summed E-state index contributed by atoms with van der Waals surface area (Å²) in [6, 6.07) is 3.82. The Morgan fingerprint density at radius 2 is 1.95 bits per heavy atom. The number of hydrogen-bond acceptors (Lipinski definition) is 2. The zero-order valence-corrected chi connectivity index (χ0v) is 12.4. The Balaban J connectivity index is 2.90. The van der Waals surface area contributed by atoms with Crippen LogP contribution >= 0.6 is 0 Å². The van der Waals surface area contributed by atoms with Gasteiger partial charge < -0.3 is 14.8 Å². The van der Waals surface area contributed by atoms with Gasteiger partial charge in [-0.3, -0.25) is 0 Å². The third kappa shape index (κ3) is 2.20. The SMILES string of the molecule is Cc1c(C)n(CCO)c2c(C(=O)O)cc(C(C)C)cc12. The van der Waals surface area contributed by atoms with Crippen molar-refractivity contribution in [3.63, 3.8) is 0 Å². The molecule has 0 saturated carbocycles. The van der Waals surface area contributed by atoms with Crippen molar-refractivity contribution in [2.75, 3.05) is 6.61 Å². The summed E-state index contributed by atoms with van der Waals surface area (Å²) in [6.07, 6.45) is 0. The minimum atomic E-state index is -0.922. The molecular weight excluding hydrogens is 254 g/mol. The van der Waals surface area contributed by atoms with Crippen molar-refractivity contribution >= 4 is 16.9 Å². The lowest BCUT2D eigenvalue weighted by molar-refractivity contribution is 0.0698. The van der Waals surface area contributed by atoms with E-state index in [4.69, 9.17) is 0 Å². The number of fused-ring (bicyclic) bond motifs is 1. The minimum absolute atomic E-state index is 0.00491. The van der Waals surface area contributed by atoms with E-state index in [1.807, 2.05) is 18.4 Å². The van der Waals surface area contributed by atoms with Gasteiger partial charge in [-0.2, -0.15) is 0 Å². The third-order valence-electron chi connectivity index (χ3n) is 3.97. The predicted octanol–water partition coefficient (Wildman–Crippen LogP) is 3.07. The predicted molar refractivity (Wildman–Crippen MR) is 79.5 cm³/mol. The summed E-state index contributed by atoms with van der Waals surface area (Å²) in [7, 11) is 0. The molecule has 0 unspecified atom stereocenters. The van der Waals surface area contributed by atoms with Crippen molar-refractivity contribution < 1.29 is 15.0 Å². The molecule has 20 heavy (non-hydrogen) atoms. The lowest BCUT2D eigenvalue weighted by Gasteiger charge is -2.11. The molecule has 1 heterocycles. The Kier molecular flexibility index (Phi) is 3.86. The van der Waals surface area contributed by atoms with Crippen LogP contribution in [-0.2, 0) is 6.54 Å². The number of aromatic carboxylic acids is 1. The molecule has 2 aromatic rings. The molecule has 0 spiro atoms. The Labute approximate surface area is 118 Å². The normalized spacial score (nSPS) is 11.5. The fourth-order valence-corrected chi connectivity index (χ4v) is 2.67. The van der Waals surface area contributed by atoms with E-state index in [0.29, 0.717) is 17.6 Å². The van der Waals surface area contributed by atoms with Gasteiger partial charge in [0.1, 0.15) is 0 Å². The quantitative estimate of drug-likeness (QED) is 0.901. The molecular formula is C16H21NO3. The molecule has 0 aliphatic rings. The van der Waals surface area contributed by atoms with Gasteiger partial charge in [-0.25, -0.2) is 4.79 Å². The number of hydrogen-bond donors (Lipinski definition) is 2. The van der Waals surface area contributed by atoms with Gasteiger partial charge in [-0.1, -0.05) is 13.8 Å². The number of aliphatic hydroxyl groups excluding tert-OH is 1. The summed E-state index contributed by atoms with van der Waals surface area (Å²) in [5.74, 6) is -0.646. The van der Waals surface area contributed by atoms with Crippen LogP contribution < -0.4 is 0 Å². The van der Waals surface area contributed by atoms with Crippen LogP contribution in [0.4, 0.5) is 0 Å². The maximum atomic E-state index is 11.6. The number of carboxylic acid groups (broad SMARTS) is 1. The number of rotatable bonds is 4. The number of nitrogens with zero attached hydrogens (tertiary/aromatic N) is 1. The second-order valence-electron chi connectivity index (χ2n) is 5.51. The average Bonchev–Trinajstić information content (AvgIpc) is 2.63. The van der Waals surface area contributed by atoms with E-state index in [9.17, 15) is 15.0 Å². The monoisotopic (exact) mass is 275 g/mol. The van der Waals surface area contributed by atoms with E-state index in [1.165, 1.54) is 0 Å². The van der Waals surface area contributed by atoms with Crippen molar-refractivity contribution in [3.8, 4) is 0 Å². The number of aliphatic hydroxyl groups is 1. The lowest BCUT2D eigenvalue weighted by Crippen LogP contribution is -2.08. The van der Waals surface area contributed by atoms with E-state index in [-0.39, 0.29) is 12.5 Å². The summed E-state index contributed by atoms with van der Waals surface area (Å²) < 4.78 is 1.90. The van der Waals surface area contributed by atoms with Gasteiger partial charge >= 0.3 is 5.97 Å². The van der Waals surface area contributed by atoms with Crippen molar-refractivity contribution in [1.82, 2.24) is 4.57 Å². The second kappa shape index (κ2) is 5.29. The topological polar surface area (TPSA) is 62.5 Å². The van der Waals surface area contributed by atoms with Gasteiger partial charge in [0.2, 0.25) is 0 Å². The molecule has 1 aromatic heterocycles. The Morgan fingerprint density at radius 1 is 1.30 bits per heavy atom. The summed E-state index contributed by atoms with van der Waals surface area (Å²) in [4.78, 5) is 11.6. The number of aryl methyl sites for hydroxylation is 1. The van der Waals surface area contributed by atoms with Crippen molar-refractivity contribution in [3.05, 3.63) is 34.5 Å². The first-order valence-corrected chi connectivity index (χ1v) is 6.86. The smallest absolute Gasteiger partial charge is 0.337 e. The molecule has 0 aliphatic heterocycles. The molecule has 0 radical (unpaired) electrons. The van der Waals surface area contributed by atoms with Crippen LogP contribution in [0.1, 0.15) is 46.9 Å². The van der Waals surface area contributed by atoms with E-state index in [2.05, 4.69) is 19.9 Å². The van der Waals surface area contributed by atoms with Crippen molar-refractivity contribution in [2.45, 2.75) is 40.2 Å². The fraction of sp³-hybridized carbons (Fsp3) is 0.438. The number of benzene rings is 1. The van der Waals surface area contributed by atoms with Gasteiger partial charge in [0.25, 0.3) is 0 Å². The zero-order chi connectivity index (χ0) is 15.0. The highest BCUT2D eigenvalue weighted by Crippen LogP contribution is 2.31. The lowest BCUT2D eigenvalue weighted by atomic mass is 9.97. The number of carboxylic acids is 1. The molecule has 0 bridgehead atoms. The average molecular weight is 275 g/mol. The second-order valence-corrected chi connectivity index (χ2v) is 5.51. The van der Waals surface area contributed by atoms with E-state index in [0.717, 1.165) is 22.2 Å². The molecule has 0 aliphatic carbocycles. The molecule has 4 heteroatoms. The largest absolute Gasteiger partial charge is 0.478 e. The molecule has 0 amide bonds. The maximum absolute atomic E-state index is 11.6. The van der Waals surface area contributed by atoms with Crippen LogP contribution in [-0.4, -0.2) is 27.4 Å². The highest BCUT2D eigenvalue weighted by molar-refractivity contribution is 6.04. The number of aromatic nitrogens is 1. The molecule has 0 fully saturated rings. The Hall–Kier alpha value is -1.81. The van der Waals surface area contributed by atoms with E-state index >= 15 is 0 Å². The van der Waals surface area contributed by atoms with Crippen LogP contribution in [0.3, 0.4) is 0 Å². The first-order valence-electron chi connectivity index (χ1n) is 6.86. The van der Waals surface area contributed by atoms with Crippen molar-refractivity contribution in [2.24, 2.45) is 0 Å². The van der Waals surface area contributed by atoms with Gasteiger partial charge in [-0.05, 0) is 43.0 Å². The van der Waals surface area contributed by atoms with Crippen LogP contribution in [0.2, 0.25) is 0 Å². The Bertz CT molecular complexity index is 668. The first-order chi connectivity index (χ1) is 9.38. The first kappa shape index (κ1) is 14.6. The molecule has 2 N–H and O–H groups in total. The van der Waals surface area contributed by atoms with E-state index < -0.39 is 5.97 Å². The molecule has 4 nitrogen and oxygen atoms in total. The molecule has 0 atom stereocenters. The Morgan fingerprint density at radius 3 is 2.45 bits per heavy atom. The molecule has 108 valence electrons. The van der Waals surface area contributed by atoms with Crippen LogP contribution in [0.15, 0.2) is 12.1 Å². The van der Waals surface area contributed by atoms with E-state index in [1.54, 1.807) is 6.07 Å². The van der Waals surface area contributed by atoms with Gasteiger partial charge in [0, 0.05) is 17.6 Å². The molecule has 1 aromatic carbocycles. The van der Waals surface area contributed by atoms with Gasteiger partial charge in [0.05, 0.1) is 17.7 Å². The summed E-state index contributed by atoms with van der Waals surface area (Å²) >= 11 is 0. The minimum Gasteiger partial charge on any atom is -0.478 e. The number of carbonyl (C=O) groups is 1. The maximum Gasteiger partial charge on any atom is 0.337 e. The van der Waals surface area contributed by atoms with Gasteiger partial charge in [-0.15, -0.1) is 0 Å². The third-order valence-corrected chi connectivity index (χ3v) is 3.97. The highest BCUT2D eigenvalue weighted by atomic mass is 16.4. The van der Waals surface area contributed by atoms with Crippen LogP contribution in [0.5, 0.6) is 0 Å². The van der Waals surface area contributed by atoms with Crippen LogP contribution in [0, 0.1) is 13.8 Å². The zero-order valence-electron chi connectivity index (χ0n) is 12.4.